The molecule has 0 spiro atoms. The number of benzene rings is 3. The zero-order valence-corrected chi connectivity index (χ0v) is 21.0. The predicted octanol–water partition coefficient (Wildman–Crippen LogP) is 6.40. The molecule has 0 aromatic heterocycles. The summed E-state index contributed by atoms with van der Waals surface area (Å²) in [5.74, 6) is 0.159. The van der Waals surface area contributed by atoms with Gasteiger partial charge in [-0.1, -0.05) is 71.3 Å². The topological polar surface area (TPSA) is 32.3 Å². The third kappa shape index (κ3) is 6.71. The average molecular weight is 475 g/mol. The Labute approximate surface area is 209 Å². The molecular weight excluding hydrogens is 440 g/mol. The number of likely N-dealkylation sites (tertiary alicyclic amines) is 1. The molecule has 1 N–H and O–H groups in total. The van der Waals surface area contributed by atoms with Gasteiger partial charge in [0.2, 0.25) is 0 Å². The standard InChI is InChI=1S/C30H35ClN2O/c1-22-16-23(2)18-26(17-22)30(34)33-15-13-28(21-29(33)20-25-8-4-3-5-9-25)32-14-7-11-24-10-6-12-27(31)19-24/h3-6,8-10,12,16-19,28-29,32H,7,11,13-15,20-21H2,1-2H3/t28-,29+/m0/s1. The average Bonchev–Trinajstić information content (AvgIpc) is 2.82. The van der Waals surface area contributed by atoms with E-state index in [0.717, 1.165) is 66.9 Å². The van der Waals surface area contributed by atoms with Crippen molar-refractivity contribution >= 4 is 17.5 Å². The maximum Gasteiger partial charge on any atom is 0.254 e. The second kappa shape index (κ2) is 11.7. The lowest BCUT2D eigenvalue weighted by molar-refractivity contribution is 0.0577. The zero-order chi connectivity index (χ0) is 23.9. The van der Waals surface area contributed by atoms with E-state index < -0.39 is 0 Å². The van der Waals surface area contributed by atoms with Crippen LogP contribution >= 0.6 is 11.6 Å². The van der Waals surface area contributed by atoms with Gasteiger partial charge in [0.05, 0.1) is 0 Å². The third-order valence-corrected chi connectivity index (χ3v) is 6.96. The number of rotatable bonds is 8. The fourth-order valence-electron chi connectivity index (χ4n) is 5.14. The van der Waals surface area contributed by atoms with Crippen LogP contribution in [0.15, 0.2) is 72.8 Å². The largest absolute Gasteiger partial charge is 0.335 e. The Morgan fingerprint density at radius 1 is 0.971 bits per heavy atom. The number of hydrogen-bond acceptors (Lipinski definition) is 2. The minimum Gasteiger partial charge on any atom is -0.335 e. The summed E-state index contributed by atoms with van der Waals surface area (Å²) in [7, 11) is 0. The van der Waals surface area contributed by atoms with Gasteiger partial charge >= 0.3 is 0 Å². The molecule has 1 heterocycles. The second-order valence-corrected chi connectivity index (χ2v) is 10.1. The van der Waals surface area contributed by atoms with Crippen LogP contribution < -0.4 is 5.32 Å². The van der Waals surface area contributed by atoms with E-state index >= 15 is 0 Å². The SMILES string of the molecule is Cc1cc(C)cc(C(=O)N2CC[C@H](NCCCc3cccc(Cl)c3)C[C@H]2Cc2ccccc2)c1. The molecule has 1 fully saturated rings. The highest BCUT2D eigenvalue weighted by Crippen LogP contribution is 2.24. The van der Waals surface area contributed by atoms with Crippen molar-refractivity contribution in [3.8, 4) is 0 Å². The molecule has 3 aromatic carbocycles. The molecule has 1 saturated heterocycles. The highest BCUT2D eigenvalue weighted by atomic mass is 35.5. The van der Waals surface area contributed by atoms with Crippen LogP contribution in [0.3, 0.4) is 0 Å². The molecule has 4 rings (SSSR count). The van der Waals surface area contributed by atoms with Crippen LogP contribution in [-0.4, -0.2) is 36.0 Å². The van der Waals surface area contributed by atoms with Crippen molar-refractivity contribution in [2.45, 2.75) is 58.0 Å². The van der Waals surface area contributed by atoms with E-state index in [1.54, 1.807) is 0 Å². The quantitative estimate of drug-likeness (QED) is 0.383. The first-order valence-electron chi connectivity index (χ1n) is 12.4. The lowest BCUT2D eigenvalue weighted by Gasteiger charge is -2.40. The Morgan fingerprint density at radius 3 is 2.44 bits per heavy atom. The highest BCUT2D eigenvalue weighted by molar-refractivity contribution is 6.30. The van der Waals surface area contributed by atoms with Gasteiger partial charge in [-0.15, -0.1) is 0 Å². The molecule has 3 aromatic rings. The van der Waals surface area contributed by atoms with E-state index in [1.807, 2.05) is 30.3 Å². The zero-order valence-electron chi connectivity index (χ0n) is 20.3. The van der Waals surface area contributed by atoms with Crippen LogP contribution in [0.25, 0.3) is 0 Å². The highest BCUT2D eigenvalue weighted by Gasteiger charge is 2.32. The first-order valence-corrected chi connectivity index (χ1v) is 12.8. The number of amides is 1. The van der Waals surface area contributed by atoms with Gasteiger partial charge in [-0.3, -0.25) is 4.79 Å². The molecule has 178 valence electrons. The maximum atomic E-state index is 13.6. The summed E-state index contributed by atoms with van der Waals surface area (Å²) in [6.07, 6.45) is 4.94. The minimum absolute atomic E-state index is 0.159. The summed E-state index contributed by atoms with van der Waals surface area (Å²) < 4.78 is 0. The molecule has 2 atom stereocenters. The van der Waals surface area contributed by atoms with E-state index in [1.165, 1.54) is 11.1 Å². The van der Waals surface area contributed by atoms with Crippen molar-refractivity contribution in [3.05, 3.63) is 106 Å². The minimum atomic E-state index is 0.159. The number of nitrogens with zero attached hydrogens (tertiary/aromatic N) is 1. The third-order valence-electron chi connectivity index (χ3n) is 6.72. The molecule has 0 saturated carbocycles. The lowest BCUT2D eigenvalue weighted by Crippen LogP contribution is -2.52. The fraction of sp³-hybridized carbons (Fsp3) is 0.367. The smallest absolute Gasteiger partial charge is 0.254 e. The number of piperidine rings is 1. The number of carbonyl (C=O) groups excluding carboxylic acids is 1. The summed E-state index contributed by atoms with van der Waals surface area (Å²) >= 11 is 6.11. The lowest BCUT2D eigenvalue weighted by atomic mass is 9.91. The summed E-state index contributed by atoms with van der Waals surface area (Å²) in [6, 6.07) is 25.5. The first kappa shape index (κ1) is 24.5. The van der Waals surface area contributed by atoms with Gasteiger partial charge in [-0.05, 0) is 87.9 Å². The summed E-state index contributed by atoms with van der Waals surface area (Å²) in [5.41, 5.74) is 5.65. The molecule has 4 heteroatoms. The van der Waals surface area contributed by atoms with Crippen molar-refractivity contribution in [2.75, 3.05) is 13.1 Å². The normalized spacial score (nSPS) is 18.1. The van der Waals surface area contributed by atoms with E-state index in [4.69, 9.17) is 11.6 Å². The van der Waals surface area contributed by atoms with Gasteiger partial charge in [0.1, 0.15) is 0 Å². The van der Waals surface area contributed by atoms with Crippen LogP contribution in [0.4, 0.5) is 0 Å². The fourth-order valence-corrected chi connectivity index (χ4v) is 5.35. The number of halogens is 1. The van der Waals surface area contributed by atoms with Gasteiger partial charge in [0.25, 0.3) is 5.91 Å². The Balaban J connectivity index is 1.40. The van der Waals surface area contributed by atoms with E-state index in [-0.39, 0.29) is 11.9 Å². The van der Waals surface area contributed by atoms with E-state index in [0.29, 0.717) is 6.04 Å². The maximum absolute atomic E-state index is 13.6. The van der Waals surface area contributed by atoms with Crippen molar-refractivity contribution in [1.29, 1.82) is 0 Å². The second-order valence-electron chi connectivity index (χ2n) is 9.63. The Bertz CT molecular complexity index is 1080. The molecule has 1 aliphatic rings. The van der Waals surface area contributed by atoms with E-state index in [2.05, 4.69) is 66.5 Å². The van der Waals surface area contributed by atoms with Crippen molar-refractivity contribution < 1.29 is 4.79 Å². The van der Waals surface area contributed by atoms with Crippen molar-refractivity contribution in [2.24, 2.45) is 0 Å². The first-order chi connectivity index (χ1) is 16.5. The summed E-state index contributed by atoms with van der Waals surface area (Å²) in [5, 5.41) is 4.57. The Kier molecular flexibility index (Phi) is 8.42. The van der Waals surface area contributed by atoms with Crippen LogP contribution in [0.2, 0.25) is 5.02 Å². The molecule has 0 unspecified atom stereocenters. The van der Waals surface area contributed by atoms with Crippen molar-refractivity contribution in [3.63, 3.8) is 0 Å². The van der Waals surface area contributed by atoms with Gasteiger partial charge in [-0.25, -0.2) is 0 Å². The molecule has 3 nitrogen and oxygen atoms in total. The van der Waals surface area contributed by atoms with Gasteiger partial charge in [0.15, 0.2) is 0 Å². The molecule has 34 heavy (non-hydrogen) atoms. The molecule has 0 aliphatic carbocycles. The van der Waals surface area contributed by atoms with Crippen molar-refractivity contribution in [1.82, 2.24) is 10.2 Å². The van der Waals surface area contributed by atoms with Gasteiger partial charge in [-0.2, -0.15) is 0 Å². The van der Waals surface area contributed by atoms with Crippen LogP contribution in [0.5, 0.6) is 0 Å². The monoisotopic (exact) mass is 474 g/mol. The molecule has 0 bridgehead atoms. The summed E-state index contributed by atoms with van der Waals surface area (Å²) in [4.78, 5) is 15.7. The molecule has 0 radical (unpaired) electrons. The van der Waals surface area contributed by atoms with Crippen LogP contribution in [-0.2, 0) is 12.8 Å². The number of aryl methyl sites for hydroxylation is 3. The van der Waals surface area contributed by atoms with E-state index in [9.17, 15) is 4.79 Å². The molecular formula is C30H35ClN2O. The number of nitrogens with one attached hydrogen (secondary N) is 1. The van der Waals surface area contributed by atoms with Gasteiger partial charge in [0, 0.05) is 29.2 Å². The number of carbonyl (C=O) groups is 1. The summed E-state index contributed by atoms with van der Waals surface area (Å²) in [6.45, 7) is 5.88. The Hall–Kier alpha value is -2.62. The van der Waals surface area contributed by atoms with Crippen LogP contribution in [0, 0.1) is 13.8 Å². The van der Waals surface area contributed by atoms with Crippen LogP contribution in [0.1, 0.15) is 51.9 Å². The Morgan fingerprint density at radius 2 is 1.71 bits per heavy atom. The molecule has 1 amide bonds. The predicted molar refractivity (Wildman–Crippen MR) is 142 cm³/mol. The molecule has 1 aliphatic heterocycles. The number of hydrogen-bond donors (Lipinski definition) is 1. The van der Waals surface area contributed by atoms with Gasteiger partial charge < -0.3 is 10.2 Å².